The molecule has 27 nitrogen and oxygen atoms in total. The minimum atomic E-state index is -5.97. The molecule has 6 rings (SSSR count). The summed E-state index contributed by atoms with van der Waals surface area (Å²) in [5, 5.41) is 41.8. The van der Waals surface area contributed by atoms with E-state index in [9.17, 15) is 53.6 Å². The zero-order chi connectivity index (χ0) is 36.3. The standard InChI is InChI=1S/C20H27N10O17P3/c21-14-8-15(24-3-23-14)29(4-25-8)18-12(33)10(31)6(44-18)1-42-48(36,37)46-50(40,41)47-49(38,39)43-2-7-11(32)13(34)19(45-7)30-5-26-9-16(30)27-20(22)28-17(9)35/h3-7,10-13,18-19,31-34H,1-2H2,(H,36,37)(H,38,39)(H,40,41)(H2,21,23,24)(H3,22,27,28,35)/t6-,7-,10-,11-,12-,13-,18-,19-/m1/s1. The van der Waals surface area contributed by atoms with Crippen molar-refractivity contribution in [3.05, 3.63) is 29.3 Å². The van der Waals surface area contributed by atoms with Crippen LogP contribution in [0.1, 0.15) is 12.5 Å². The summed E-state index contributed by atoms with van der Waals surface area (Å²) in [5.74, 6) is -0.295. The molecule has 2 saturated heterocycles. The molecule has 4 aromatic heterocycles. The molecule has 2 aliphatic rings. The minimum Gasteiger partial charge on any atom is -0.387 e. The lowest BCUT2D eigenvalue weighted by Crippen LogP contribution is -2.33. The number of aliphatic hydroxyl groups is 4. The summed E-state index contributed by atoms with van der Waals surface area (Å²) in [6, 6.07) is 0. The number of aromatic amines is 1. The van der Waals surface area contributed by atoms with Crippen LogP contribution >= 0.6 is 23.5 Å². The van der Waals surface area contributed by atoms with E-state index in [1.165, 1.54) is 10.9 Å². The van der Waals surface area contributed by atoms with Crippen molar-refractivity contribution in [2.24, 2.45) is 0 Å². The number of nitrogens with two attached hydrogens (primary N) is 2. The fraction of sp³-hybridized carbons (Fsp3) is 0.500. The van der Waals surface area contributed by atoms with Gasteiger partial charge in [0, 0.05) is 0 Å². The highest BCUT2D eigenvalue weighted by Crippen LogP contribution is 2.67. The molecule has 6 heterocycles. The number of hydrogen-bond donors (Lipinski definition) is 10. The van der Waals surface area contributed by atoms with Crippen LogP contribution in [0, 0.1) is 0 Å². The van der Waals surface area contributed by atoms with Gasteiger partial charge in [-0.25, -0.2) is 33.6 Å². The van der Waals surface area contributed by atoms with Crippen LogP contribution in [0.15, 0.2) is 23.8 Å². The highest BCUT2D eigenvalue weighted by atomic mass is 31.3. The van der Waals surface area contributed by atoms with Crippen molar-refractivity contribution in [1.82, 2.24) is 39.0 Å². The fourth-order valence-electron chi connectivity index (χ4n) is 5.04. The van der Waals surface area contributed by atoms with Crippen LogP contribution in [0.25, 0.3) is 22.3 Å². The largest absolute Gasteiger partial charge is 0.490 e. The molecule has 30 heteroatoms. The predicted octanol–water partition coefficient (Wildman–Crippen LogP) is -3.27. The number of hydrogen-bond acceptors (Lipinski definition) is 21. The van der Waals surface area contributed by atoms with Gasteiger partial charge in [-0.1, -0.05) is 0 Å². The Labute approximate surface area is 275 Å². The van der Waals surface area contributed by atoms with Crippen LogP contribution in [-0.4, -0.2) is 124 Å². The summed E-state index contributed by atoms with van der Waals surface area (Å²) in [6.07, 6.45) is -9.66. The number of phosphoric acid groups is 3. The van der Waals surface area contributed by atoms with E-state index in [1.54, 1.807) is 0 Å². The third-order valence-electron chi connectivity index (χ3n) is 7.28. The molecule has 0 amide bonds. The zero-order valence-electron chi connectivity index (χ0n) is 24.6. The van der Waals surface area contributed by atoms with Gasteiger partial charge in [-0.3, -0.25) is 28.0 Å². The average molecular weight is 772 g/mol. The molecular formula is C20H27N10O17P3. The number of phosphoric ester groups is 2. The van der Waals surface area contributed by atoms with Gasteiger partial charge in [-0.05, 0) is 0 Å². The number of H-pyrrole nitrogens is 1. The smallest absolute Gasteiger partial charge is 0.387 e. The lowest BCUT2D eigenvalue weighted by atomic mass is 10.1. The maximum absolute atomic E-state index is 12.4. The molecule has 3 unspecified atom stereocenters. The summed E-state index contributed by atoms with van der Waals surface area (Å²) < 4.78 is 67.7. The van der Waals surface area contributed by atoms with Crippen LogP contribution in [0.5, 0.6) is 0 Å². The van der Waals surface area contributed by atoms with E-state index in [1.807, 2.05) is 0 Å². The van der Waals surface area contributed by atoms with E-state index < -0.39 is 91.3 Å². The van der Waals surface area contributed by atoms with Gasteiger partial charge in [0.15, 0.2) is 35.1 Å². The second kappa shape index (κ2) is 13.3. The molecule has 0 saturated carbocycles. The summed E-state index contributed by atoms with van der Waals surface area (Å²) in [4.78, 5) is 63.6. The molecule has 50 heavy (non-hydrogen) atoms. The fourth-order valence-corrected chi connectivity index (χ4v) is 8.56. The Morgan fingerprint density at radius 3 is 1.78 bits per heavy atom. The second-order valence-corrected chi connectivity index (χ2v) is 15.2. The number of fused-ring (bicyclic) bond motifs is 2. The number of ether oxygens (including phenoxy) is 2. The van der Waals surface area contributed by atoms with Gasteiger partial charge in [-0.2, -0.15) is 13.6 Å². The van der Waals surface area contributed by atoms with E-state index in [0.29, 0.717) is 0 Å². The van der Waals surface area contributed by atoms with Gasteiger partial charge in [0.1, 0.15) is 48.5 Å². The maximum Gasteiger partial charge on any atom is 0.490 e. The van der Waals surface area contributed by atoms with Crippen molar-refractivity contribution >= 4 is 57.6 Å². The third-order valence-corrected chi connectivity index (χ3v) is 11.5. The number of aromatic nitrogens is 8. The van der Waals surface area contributed by atoms with Gasteiger partial charge in [0.25, 0.3) is 5.56 Å². The number of nitrogens with zero attached hydrogens (tertiary/aromatic N) is 7. The van der Waals surface area contributed by atoms with E-state index >= 15 is 0 Å². The van der Waals surface area contributed by atoms with Gasteiger partial charge >= 0.3 is 23.5 Å². The van der Waals surface area contributed by atoms with E-state index in [-0.39, 0.29) is 34.1 Å². The highest BCUT2D eigenvalue weighted by molar-refractivity contribution is 7.66. The first-order valence-corrected chi connectivity index (χ1v) is 18.2. The highest BCUT2D eigenvalue weighted by Gasteiger charge is 2.49. The van der Waals surface area contributed by atoms with Gasteiger partial charge < -0.3 is 56.0 Å². The molecule has 0 bridgehead atoms. The molecule has 0 aliphatic carbocycles. The molecule has 2 aliphatic heterocycles. The lowest BCUT2D eigenvalue weighted by molar-refractivity contribution is -0.0510. The van der Waals surface area contributed by atoms with Crippen molar-refractivity contribution in [3.63, 3.8) is 0 Å². The third kappa shape index (κ3) is 7.21. The van der Waals surface area contributed by atoms with Crippen LogP contribution in [0.4, 0.5) is 11.8 Å². The molecule has 11 atom stereocenters. The Morgan fingerprint density at radius 1 is 0.740 bits per heavy atom. The van der Waals surface area contributed by atoms with Gasteiger partial charge in [0.05, 0.1) is 25.9 Å². The van der Waals surface area contributed by atoms with Crippen molar-refractivity contribution < 1.29 is 75.9 Å². The van der Waals surface area contributed by atoms with Crippen LogP contribution < -0.4 is 17.0 Å². The Kier molecular flexibility index (Phi) is 9.72. The number of nitrogens with one attached hydrogen (secondary N) is 1. The van der Waals surface area contributed by atoms with Gasteiger partial charge in [0.2, 0.25) is 5.95 Å². The molecule has 4 aromatic rings. The minimum absolute atomic E-state index is 0.00803. The molecule has 0 aromatic carbocycles. The van der Waals surface area contributed by atoms with E-state index in [0.717, 1.165) is 17.2 Å². The van der Waals surface area contributed by atoms with Crippen molar-refractivity contribution in [2.45, 2.75) is 49.1 Å². The van der Waals surface area contributed by atoms with Crippen molar-refractivity contribution in [3.8, 4) is 0 Å². The first kappa shape index (κ1) is 36.5. The molecular weight excluding hydrogens is 745 g/mol. The monoisotopic (exact) mass is 772 g/mol. The Bertz CT molecular complexity index is 2110. The predicted molar refractivity (Wildman–Crippen MR) is 158 cm³/mol. The van der Waals surface area contributed by atoms with Crippen molar-refractivity contribution in [2.75, 3.05) is 24.7 Å². The summed E-state index contributed by atoms with van der Waals surface area (Å²) in [5.41, 5.74) is 10.5. The Morgan fingerprint density at radius 2 is 1.24 bits per heavy atom. The first-order valence-electron chi connectivity index (χ1n) is 13.7. The van der Waals surface area contributed by atoms with Crippen LogP contribution in [0.2, 0.25) is 0 Å². The first-order chi connectivity index (χ1) is 23.4. The summed E-state index contributed by atoms with van der Waals surface area (Å²) in [6.45, 7) is -2.12. The number of imidazole rings is 2. The second-order valence-electron chi connectivity index (χ2n) is 10.6. The Balaban J connectivity index is 1.03. The number of anilines is 2. The molecule has 0 radical (unpaired) electrons. The Hall–Kier alpha value is -3.33. The molecule has 0 spiro atoms. The van der Waals surface area contributed by atoms with E-state index in [4.69, 9.17) is 20.9 Å². The van der Waals surface area contributed by atoms with Crippen LogP contribution in [-0.2, 0) is 40.8 Å². The van der Waals surface area contributed by atoms with Crippen molar-refractivity contribution in [1.29, 1.82) is 0 Å². The number of nitrogen functional groups attached to an aromatic ring is 2. The summed E-state index contributed by atoms with van der Waals surface area (Å²) in [7, 11) is -17.3. The molecule has 2 fully saturated rings. The average Bonchev–Trinajstić information content (AvgIpc) is 3.76. The quantitative estimate of drug-likeness (QED) is 0.0631. The summed E-state index contributed by atoms with van der Waals surface area (Å²) >= 11 is 0. The zero-order valence-corrected chi connectivity index (χ0v) is 27.3. The normalized spacial score (nSPS) is 30.8. The number of aliphatic hydroxyl groups excluding tert-OH is 4. The van der Waals surface area contributed by atoms with Gasteiger partial charge in [-0.15, -0.1) is 0 Å². The van der Waals surface area contributed by atoms with E-state index in [2.05, 4.69) is 47.6 Å². The number of rotatable bonds is 12. The molecule has 12 N–H and O–H groups in total. The lowest BCUT2D eigenvalue weighted by Gasteiger charge is -2.21. The van der Waals surface area contributed by atoms with Crippen LogP contribution in [0.3, 0.4) is 0 Å². The SMILES string of the molecule is Nc1nc2c(ncn2[C@@H]2O[C@H](COP(=O)(O)OP(=O)(O)OP(=O)(O)OC[C@H]3O[C@@H](n4cnc5c(N)ncnc54)[C@H](O)[C@@H]3O)[C@@H](O)[C@H]2O)c(=O)[nH]1. The molecule has 274 valence electrons. The maximum atomic E-state index is 12.4. The topological polar surface area (TPSA) is 407 Å².